The third-order valence-electron chi connectivity index (χ3n) is 4.12. The molecule has 2 heterocycles. The van der Waals surface area contributed by atoms with Crippen molar-refractivity contribution < 1.29 is 9.15 Å². The monoisotopic (exact) mass is 294 g/mol. The fourth-order valence-corrected chi connectivity index (χ4v) is 2.81. The SMILES string of the molecule is CCC1COCCN1Cc1cc(CNCC(C)C)c(C)o1. The van der Waals surface area contributed by atoms with Crippen LogP contribution in [-0.4, -0.2) is 37.2 Å². The molecule has 1 aromatic heterocycles. The van der Waals surface area contributed by atoms with E-state index in [0.717, 1.165) is 57.3 Å². The van der Waals surface area contributed by atoms with E-state index in [0.29, 0.717) is 12.0 Å². The summed E-state index contributed by atoms with van der Waals surface area (Å²) < 4.78 is 11.5. The Balaban J connectivity index is 1.91. The minimum absolute atomic E-state index is 0.520. The number of aryl methyl sites for hydroxylation is 1. The van der Waals surface area contributed by atoms with E-state index < -0.39 is 0 Å². The van der Waals surface area contributed by atoms with Crippen molar-refractivity contribution in [2.24, 2.45) is 5.92 Å². The van der Waals surface area contributed by atoms with Gasteiger partial charge in [-0.1, -0.05) is 20.8 Å². The van der Waals surface area contributed by atoms with Crippen LogP contribution in [0.4, 0.5) is 0 Å². The third-order valence-corrected chi connectivity index (χ3v) is 4.12. The Morgan fingerprint density at radius 2 is 2.24 bits per heavy atom. The number of hydrogen-bond donors (Lipinski definition) is 1. The molecule has 1 N–H and O–H groups in total. The molecule has 2 rings (SSSR count). The Hall–Kier alpha value is -0.840. The maximum atomic E-state index is 5.95. The number of hydrogen-bond acceptors (Lipinski definition) is 4. The third kappa shape index (κ3) is 4.83. The van der Waals surface area contributed by atoms with Gasteiger partial charge in [-0.05, 0) is 31.9 Å². The first kappa shape index (κ1) is 16.5. The fourth-order valence-electron chi connectivity index (χ4n) is 2.81. The van der Waals surface area contributed by atoms with E-state index in [1.54, 1.807) is 0 Å². The molecule has 1 aliphatic heterocycles. The fraction of sp³-hybridized carbons (Fsp3) is 0.765. The van der Waals surface area contributed by atoms with Gasteiger partial charge in [0.15, 0.2) is 0 Å². The molecule has 0 spiro atoms. The summed E-state index contributed by atoms with van der Waals surface area (Å²) in [7, 11) is 0. The van der Waals surface area contributed by atoms with Crippen molar-refractivity contribution in [1.82, 2.24) is 10.2 Å². The molecule has 1 atom stereocenters. The van der Waals surface area contributed by atoms with Crippen molar-refractivity contribution in [2.45, 2.75) is 53.2 Å². The van der Waals surface area contributed by atoms with Crippen molar-refractivity contribution in [2.75, 3.05) is 26.3 Å². The quantitative estimate of drug-likeness (QED) is 0.839. The zero-order chi connectivity index (χ0) is 15.2. The van der Waals surface area contributed by atoms with Gasteiger partial charge in [0.2, 0.25) is 0 Å². The molecule has 0 radical (unpaired) electrons. The van der Waals surface area contributed by atoms with Crippen LogP contribution in [-0.2, 0) is 17.8 Å². The molecule has 1 unspecified atom stereocenters. The molecule has 1 aliphatic rings. The highest BCUT2D eigenvalue weighted by Crippen LogP contribution is 2.19. The first-order valence-electron chi connectivity index (χ1n) is 8.20. The summed E-state index contributed by atoms with van der Waals surface area (Å²) in [6, 6.07) is 2.73. The molecule has 1 saturated heterocycles. The second-order valence-corrected chi connectivity index (χ2v) is 6.43. The van der Waals surface area contributed by atoms with Crippen LogP contribution in [0.2, 0.25) is 0 Å². The van der Waals surface area contributed by atoms with Gasteiger partial charge < -0.3 is 14.5 Å². The number of morpholine rings is 1. The second kappa shape index (κ2) is 7.97. The van der Waals surface area contributed by atoms with Crippen LogP contribution in [0.1, 0.15) is 44.3 Å². The summed E-state index contributed by atoms with van der Waals surface area (Å²) in [5.74, 6) is 2.80. The van der Waals surface area contributed by atoms with Gasteiger partial charge in [0.1, 0.15) is 11.5 Å². The molecular formula is C17H30N2O2. The minimum atomic E-state index is 0.520. The lowest BCUT2D eigenvalue weighted by Gasteiger charge is -2.34. The van der Waals surface area contributed by atoms with Crippen LogP contribution in [0.3, 0.4) is 0 Å². The number of rotatable bonds is 7. The molecular weight excluding hydrogens is 264 g/mol. The molecule has 0 bridgehead atoms. The Morgan fingerprint density at radius 1 is 1.43 bits per heavy atom. The Labute approximate surface area is 128 Å². The average molecular weight is 294 g/mol. The van der Waals surface area contributed by atoms with Gasteiger partial charge in [-0.15, -0.1) is 0 Å². The smallest absolute Gasteiger partial charge is 0.118 e. The highest BCUT2D eigenvalue weighted by molar-refractivity contribution is 5.20. The van der Waals surface area contributed by atoms with E-state index >= 15 is 0 Å². The van der Waals surface area contributed by atoms with E-state index in [9.17, 15) is 0 Å². The largest absolute Gasteiger partial charge is 0.465 e. The Kier molecular flexibility index (Phi) is 6.27. The molecule has 1 fully saturated rings. The summed E-state index contributed by atoms with van der Waals surface area (Å²) >= 11 is 0. The van der Waals surface area contributed by atoms with Gasteiger partial charge in [-0.25, -0.2) is 0 Å². The van der Waals surface area contributed by atoms with E-state index in [1.807, 2.05) is 0 Å². The lowest BCUT2D eigenvalue weighted by atomic mass is 10.1. The van der Waals surface area contributed by atoms with Crippen LogP contribution < -0.4 is 5.32 Å². The normalized spacial score (nSPS) is 20.3. The van der Waals surface area contributed by atoms with Crippen LogP contribution in [0.15, 0.2) is 10.5 Å². The molecule has 0 amide bonds. The topological polar surface area (TPSA) is 37.6 Å². The summed E-state index contributed by atoms with van der Waals surface area (Å²) in [5.41, 5.74) is 1.28. The standard InChI is InChI=1S/C17H30N2O2/c1-5-16-12-20-7-6-19(16)11-17-8-15(14(4)21-17)10-18-9-13(2)3/h8,13,16,18H,5-7,9-12H2,1-4H3. The second-order valence-electron chi connectivity index (χ2n) is 6.43. The van der Waals surface area contributed by atoms with E-state index in [2.05, 4.69) is 44.0 Å². The Morgan fingerprint density at radius 3 is 2.95 bits per heavy atom. The van der Waals surface area contributed by atoms with E-state index in [-0.39, 0.29) is 0 Å². The minimum Gasteiger partial charge on any atom is -0.465 e. The molecule has 120 valence electrons. The van der Waals surface area contributed by atoms with Crippen molar-refractivity contribution in [3.05, 3.63) is 23.2 Å². The van der Waals surface area contributed by atoms with Crippen molar-refractivity contribution in [3.63, 3.8) is 0 Å². The van der Waals surface area contributed by atoms with Gasteiger partial charge in [-0.3, -0.25) is 4.90 Å². The van der Waals surface area contributed by atoms with Gasteiger partial charge >= 0.3 is 0 Å². The lowest BCUT2D eigenvalue weighted by molar-refractivity contribution is -0.0154. The van der Waals surface area contributed by atoms with Crippen molar-refractivity contribution in [1.29, 1.82) is 0 Å². The van der Waals surface area contributed by atoms with Gasteiger partial charge in [0.05, 0.1) is 19.8 Å². The van der Waals surface area contributed by atoms with Crippen LogP contribution in [0.5, 0.6) is 0 Å². The predicted octanol–water partition coefficient (Wildman–Crippen LogP) is 2.94. The summed E-state index contributed by atoms with van der Waals surface area (Å²) in [4.78, 5) is 2.48. The summed E-state index contributed by atoms with van der Waals surface area (Å²) in [6.45, 7) is 14.3. The average Bonchev–Trinajstić information content (AvgIpc) is 2.79. The van der Waals surface area contributed by atoms with Crippen LogP contribution in [0.25, 0.3) is 0 Å². The van der Waals surface area contributed by atoms with Crippen LogP contribution in [0, 0.1) is 12.8 Å². The van der Waals surface area contributed by atoms with E-state index in [1.165, 1.54) is 5.56 Å². The number of furan rings is 1. The Bertz CT molecular complexity index is 428. The maximum Gasteiger partial charge on any atom is 0.118 e. The molecule has 21 heavy (non-hydrogen) atoms. The van der Waals surface area contributed by atoms with Gasteiger partial charge in [-0.2, -0.15) is 0 Å². The predicted molar refractivity (Wildman–Crippen MR) is 85.3 cm³/mol. The first-order valence-corrected chi connectivity index (χ1v) is 8.20. The summed E-state index contributed by atoms with van der Waals surface area (Å²) in [6.07, 6.45) is 1.13. The molecule has 1 aromatic rings. The van der Waals surface area contributed by atoms with Gasteiger partial charge in [0.25, 0.3) is 0 Å². The first-order chi connectivity index (χ1) is 10.1. The molecule has 0 aliphatic carbocycles. The number of ether oxygens (including phenoxy) is 1. The molecule has 0 aromatic carbocycles. The number of nitrogens with one attached hydrogen (secondary N) is 1. The zero-order valence-corrected chi connectivity index (χ0v) is 13.9. The maximum absolute atomic E-state index is 5.95. The van der Waals surface area contributed by atoms with Crippen LogP contribution >= 0.6 is 0 Å². The molecule has 4 nitrogen and oxygen atoms in total. The molecule has 4 heteroatoms. The number of nitrogens with zero attached hydrogens (tertiary/aromatic N) is 1. The zero-order valence-electron chi connectivity index (χ0n) is 13.9. The van der Waals surface area contributed by atoms with Crippen molar-refractivity contribution in [3.8, 4) is 0 Å². The van der Waals surface area contributed by atoms with E-state index in [4.69, 9.17) is 9.15 Å². The highest BCUT2D eigenvalue weighted by Gasteiger charge is 2.22. The summed E-state index contributed by atoms with van der Waals surface area (Å²) in [5, 5.41) is 3.49. The van der Waals surface area contributed by atoms with Gasteiger partial charge in [0, 0.05) is 24.7 Å². The highest BCUT2D eigenvalue weighted by atomic mass is 16.5. The molecule has 0 saturated carbocycles. The lowest BCUT2D eigenvalue weighted by Crippen LogP contribution is -2.44. The van der Waals surface area contributed by atoms with Crippen molar-refractivity contribution >= 4 is 0 Å².